The van der Waals surface area contributed by atoms with Gasteiger partial charge in [-0.15, -0.1) is 0 Å². The van der Waals surface area contributed by atoms with E-state index in [1.165, 1.54) is 54.2 Å². The highest BCUT2D eigenvalue weighted by atomic mass is 16.3. The summed E-state index contributed by atoms with van der Waals surface area (Å²) in [4.78, 5) is 2.39. The van der Waals surface area contributed by atoms with Crippen LogP contribution in [0.5, 0.6) is 0 Å². The lowest BCUT2D eigenvalue weighted by Gasteiger charge is -2.27. The van der Waals surface area contributed by atoms with Crippen LogP contribution in [0.3, 0.4) is 0 Å². The van der Waals surface area contributed by atoms with Crippen LogP contribution in [-0.2, 0) is 0 Å². The third kappa shape index (κ3) is 4.81. The van der Waals surface area contributed by atoms with Gasteiger partial charge in [-0.25, -0.2) is 0 Å². The number of hydrogen-bond acceptors (Lipinski definition) is 2. The van der Waals surface area contributed by atoms with E-state index in [1.807, 2.05) is 12.1 Å². The summed E-state index contributed by atoms with van der Waals surface area (Å²) in [6.07, 6.45) is 0. The van der Waals surface area contributed by atoms with Crippen molar-refractivity contribution in [2.75, 3.05) is 4.90 Å². The molecule has 2 nitrogen and oxygen atoms in total. The summed E-state index contributed by atoms with van der Waals surface area (Å²) in [5, 5.41) is 12.3. The molecule has 0 fully saturated rings. The average Bonchev–Trinajstić information content (AvgIpc) is 3.63. The lowest BCUT2D eigenvalue weighted by molar-refractivity contribution is 0.670. The minimum atomic E-state index is 0.909. The Morgan fingerprint density at radius 3 is 1.48 bits per heavy atom. The van der Waals surface area contributed by atoms with Crippen molar-refractivity contribution >= 4 is 82.1 Å². The molecule has 0 saturated heterocycles. The molecule has 11 aromatic rings. The SMILES string of the molecule is c1ccc2c(c1)ccc1c(-c3ccc(N(c4ccc(-c5cccc6c5oc5ccccc56)cc4)c4cccc5c4ccc4ccccc45)cc3)cccc12. The third-order valence-electron chi connectivity index (χ3n) is 11.1. The maximum Gasteiger partial charge on any atom is 0.143 e. The Bertz CT molecular complexity index is 3210. The zero-order chi connectivity index (χ0) is 35.6. The molecule has 0 bridgehead atoms. The Morgan fingerprint density at radius 1 is 0.296 bits per heavy atom. The molecule has 0 amide bonds. The normalized spacial score (nSPS) is 11.7. The van der Waals surface area contributed by atoms with Crippen molar-refractivity contribution in [3.63, 3.8) is 0 Å². The zero-order valence-corrected chi connectivity index (χ0v) is 29.4. The molecule has 2 heteroatoms. The molecule has 1 heterocycles. The van der Waals surface area contributed by atoms with Crippen LogP contribution in [-0.4, -0.2) is 0 Å². The van der Waals surface area contributed by atoms with Gasteiger partial charge >= 0.3 is 0 Å². The van der Waals surface area contributed by atoms with Crippen LogP contribution in [0.15, 0.2) is 205 Å². The number of nitrogens with zero attached hydrogens (tertiary/aromatic N) is 1. The second kappa shape index (κ2) is 12.2. The van der Waals surface area contributed by atoms with Crippen LogP contribution in [0.4, 0.5) is 17.1 Å². The van der Waals surface area contributed by atoms with Gasteiger partial charge in [0.15, 0.2) is 0 Å². The van der Waals surface area contributed by atoms with Gasteiger partial charge in [0.05, 0.1) is 5.69 Å². The fourth-order valence-corrected chi connectivity index (χ4v) is 8.49. The van der Waals surface area contributed by atoms with E-state index in [0.717, 1.165) is 50.1 Å². The van der Waals surface area contributed by atoms with E-state index in [-0.39, 0.29) is 0 Å². The van der Waals surface area contributed by atoms with Crippen LogP contribution in [0.1, 0.15) is 0 Å². The summed E-state index contributed by atoms with van der Waals surface area (Å²) in [6.45, 7) is 0. The molecule has 1 aromatic heterocycles. The number of anilines is 3. The zero-order valence-electron chi connectivity index (χ0n) is 29.4. The highest BCUT2D eigenvalue weighted by Crippen LogP contribution is 2.43. The van der Waals surface area contributed by atoms with Gasteiger partial charge in [-0.1, -0.05) is 164 Å². The number of rotatable bonds is 5. The Hall–Kier alpha value is -7.16. The van der Waals surface area contributed by atoms with Crippen molar-refractivity contribution in [2.45, 2.75) is 0 Å². The van der Waals surface area contributed by atoms with Gasteiger partial charge < -0.3 is 9.32 Å². The maximum absolute atomic E-state index is 6.42. The van der Waals surface area contributed by atoms with Gasteiger partial charge in [0.25, 0.3) is 0 Å². The number of fused-ring (bicyclic) bond motifs is 9. The van der Waals surface area contributed by atoms with Gasteiger partial charge in [0.2, 0.25) is 0 Å². The van der Waals surface area contributed by atoms with Gasteiger partial charge in [0, 0.05) is 33.1 Å². The fourth-order valence-electron chi connectivity index (χ4n) is 8.49. The van der Waals surface area contributed by atoms with Crippen molar-refractivity contribution in [3.8, 4) is 22.3 Å². The van der Waals surface area contributed by atoms with Crippen molar-refractivity contribution in [3.05, 3.63) is 200 Å². The van der Waals surface area contributed by atoms with Gasteiger partial charge in [-0.2, -0.15) is 0 Å². The molecule has 0 atom stereocenters. The van der Waals surface area contributed by atoms with Crippen molar-refractivity contribution in [1.82, 2.24) is 0 Å². The standard InChI is InChI=1S/C52H33NO/c1-3-12-40-34(10-1)26-32-46-42(15-7-17-44(40)46)36-22-28-38(29-23-36)53(50-20-9-18-45-41-13-4-2-11-35(41)27-33-47(45)50)39-30-24-37(25-31-39)43-16-8-19-49-48-14-5-6-21-51(48)54-52(43)49/h1-33H. The molecule has 0 aliphatic rings. The van der Waals surface area contributed by atoms with E-state index in [9.17, 15) is 0 Å². The van der Waals surface area contributed by atoms with Gasteiger partial charge in [0.1, 0.15) is 11.2 Å². The highest BCUT2D eigenvalue weighted by molar-refractivity contribution is 6.14. The Kier molecular flexibility index (Phi) is 6.90. The number of hydrogen-bond donors (Lipinski definition) is 0. The average molecular weight is 688 g/mol. The summed E-state index contributed by atoms with van der Waals surface area (Å²) >= 11 is 0. The van der Waals surface area contributed by atoms with Crippen molar-refractivity contribution in [1.29, 1.82) is 0 Å². The monoisotopic (exact) mass is 687 g/mol. The number of furan rings is 1. The molecule has 252 valence electrons. The minimum absolute atomic E-state index is 0.909. The number of para-hydroxylation sites is 2. The Labute approximate surface area is 312 Å². The lowest BCUT2D eigenvalue weighted by atomic mass is 9.94. The van der Waals surface area contributed by atoms with E-state index in [2.05, 4.69) is 193 Å². The molecule has 0 aliphatic heterocycles. The maximum atomic E-state index is 6.42. The molecule has 0 N–H and O–H groups in total. The lowest BCUT2D eigenvalue weighted by Crippen LogP contribution is -2.10. The molecular weight excluding hydrogens is 655 g/mol. The van der Waals surface area contributed by atoms with Crippen LogP contribution in [0.2, 0.25) is 0 Å². The predicted octanol–water partition coefficient (Wildman–Crippen LogP) is 15.0. The molecular formula is C52H33NO. The minimum Gasteiger partial charge on any atom is -0.455 e. The first-order chi connectivity index (χ1) is 26.8. The van der Waals surface area contributed by atoms with Crippen molar-refractivity contribution < 1.29 is 4.42 Å². The summed E-state index contributed by atoms with van der Waals surface area (Å²) in [7, 11) is 0. The molecule has 0 radical (unpaired) electrons. The Morgan fingerprint density at radius 2 is 0.796 bits per heavy atom. The molecule has 11 rings (SSSR count). The quantitative estimate of drug-likeness (QED) is 0.168. The van der Waals surface area contributed by atoms with Crippen LogP contribution in [0.25, 0.3) is 87.3 Å². The molecule has 10 aromatic carbocycles. The van der Waals surface area contributed by atoms with E-state index in [4.69, 9.17) is 4.42 Å². The summed E-state index contributed by atoms with van der Waals surface area (Å²) in [6, 6.07) is 72.3. The van der Waals surface area contributed by atoms with Crippen LogP contribution >= 0.6 is 0 Å². The van der Waals surface area contributed by atoms with Crippen molar-refractivity contribution in [2.24, 2.45) is 0 Å². The highest BCUT2D eigenvalue weighted by Gasteiger charge is 2.18. The molecule has 0 saturated carbocycles. The molecule has 0 unspecified atom stereocenters. The topological polar surface area (TPSA) is 16.4 Å². The van der Waals surface area contributed by atoms with E-state index < -0.39 is 0 Å². The first-order valence-electron chi connectivity index (χ1n) is 18.5. The van der Waals surface area contributed by atoms with Crippen LogP contribution < -0.4 is 4.90 Å². The summed E-state index contributed by atoms with van der Waals surface area (Å²) < 4.78 is 6.42. The predicted molar refractivity (Wildman–Crippen MR) is 229 cm³/mol. The summed E-state index contributed by atoms with van der Waals surface area (Å²) in [5.41, 5.74) is 9.77. The number of benzene rings is 10. The first kappa shape index (κ1) is 30.5. The van der Waals surface area contributed by atoms with E-state index in [0.29, 0.717) is 0 Å². The van der Waals surface area contributed by atoms with E-state index in [1.54, 1.807) is 0 Å². The second-order valence-corrected chi connectivity index (χ2v) is 14.1. The Balaban J connectivity index is 1.06. The molecule has 0 spiro atoms. The second-order valence-electron chi connectivity index (χ2n) is 14.1. The van der Waals surface area contributed by atoms with Crippen LogP contribution in [0, 0.1) is 0 Å². The van der Waals surface area contributed by atoms with Gasteiger partial charge in [-0.05, 0) is 90.8 Å². The largest absolute Gasteiger partial charge is 0.455 e. The summed E-state index contributed by atoms with van der Waals surface area (Å²) in [5.74, 6) is 0. The third-order valence-corrected chi connectivity index (χ3v) is 11.1. The first-order valence-corrected chi connectivity index (χ1v) is 18.5. The van der Waals surface area contributed by atoms with Gasteiger partial charge in [-0.3, -0.25) is 0 Å². The van der Waals surface area contributed by atoms with E-state index >= 15 is 0 Å². The molecule has 0 aliphatic carbocycles. The molecule has 54 heavy (non-hydrogen) atoms. The fraction of sp³-hybridized carbons (Fsp3) is 0. The smallest absolute Gasteiger partial charge is 0.143 e.